The summed E-state index contributed by atoms with van der Waals surface area (Å²) in [7, 11) is 0. The second-order valence-corrected chi connectivity index (χ2v) is 6.01. The van der Waals surface area contributed by atoms with Crippen molar-refractivity contribution in [2.45, 2.75) is 6.42 Å². The molecule has 3 N–H and O–H groups in total. The van der Waals surface area contributed by atoms with Crippen LogP contribution in [0.2, 0.25) is 0 Å². The number of hydrogen-bond donors (Lipinski definition) is 3. The van der Waals surface area contributed by atoms with Gasteiger partial charge in [-0.05, 0) is 13.0 Å². The third-order valence-electron chi connectivity index (χ3n) is 4.33. The van der Waals surface area contributed by atoms with Crippen LogP contribution >= 0.6 is 0 Å². The Morgan fingerprint density at radius 2 is 1.57 bits per heavy atom. The van der Waals surface area contributed by atoms with Crippen LogP contribution in [0.3, 0.4) is 0 Å². The molecule has 0 aromatic rings. The number of amides is 3. The zero-order chi connectivity index (χ0) is 16.3. The van der Waals surface area contributed by atoms with Crippen LogP contribution in [0, 0.1) is 0 Å². The predicted molar refractivity (Wildman–Crippen MR) is 89.0 cm³/mol. The molecule has 0 unspecified atom stereocenters. The Bertz CT molecular complexity index is 356. The average Bonchev–Trinajstić information content (AvgIpc) is 2.60. The SMILES string of the molecule is O=[C]N(CCCN1CCNCC1)C(=O)NCCN1CCNCC1. The fourth-order valence-corrected chi connectivity index (χ4v) is 2.93. The van der Waals surface area contributed by atoms with E-state index in [9.17, 15) is 9.59 Å². The van der Waals surface area contributed by atoms with Crippen molar-refractivity contribution >= 4 is 12.4 Å². The minimum absolute atomic E-state index is 0.338. The highest BCUT2D eigenvalue weighted by atomic mass is 16.2. The minimum Gasteiger partial charge on any atom is -0.336 e. The lowest BCUT2D eigenvalue weighted by atomic mass is 10.3. The van der Waals surface area contributed by atoms with E-state index in [0.29, 0.717) is 13.1 Å². The van der Waals surface area contributed by atoms with E-state index in [1.54, 1.807) is 6.41 Å². The number of nitrogens with zero attached hydrogens (tertiary/aromatic N) is 3. The molecular weight excluding hydrogens is 296 g/mol. The van der Waals surface area contributed by atoms with E-state index in [1.807, 2.05) is 0 Å². The van der Waals surface area contributed by atoms with E-state index in [1.165, 1.54) is 0 Å². The summed E-state index contributed by atoms with van der Waals surface area (Å²) in [5.74, 6) is 0. The summed E-state index contributed by atoms with van der Waals surface area (Å²) in [5.41, 5.74) is 0. The number of rotatable bonds is 8. The normalized spacial score (nSPS) is 20.2. The maximum Gasteiger partial charge on any atom is 0.324 e. The first kappa shape index (κ1) is 18.1. The molecule has 0 aromatic carbocycles. The molecule has 8 heteroatoms. The molecule has 23 heavy (non-hydrogen) atoms. The van der Waals surface area contributed by atoms with Crippen LogP contribution in [0.1, 0.15) is 6.42 Å². The molecule has 2 saturated heterocycles. The molecule has 2 aliphatic rings. The number of carbonyl (C=O) groups excluding carboxylic acids is 2. The number of hydrogen-bond acceptors (Lipinski definition) is 6. The zero-order valence-electron chi connectivity index (χ0n) is 13.9. The summed E-state index contributed by atoms with van der Waals surface area (Å²) < 4.78 is 0. The molecule has 8 nitrogen and oxygen atoms in total. The zero-order valence-corrected chi connectivity index (χ0v) is 13.9. The standard InChI is InChI=1S/C15H29N6O2/c22-14-21(8-1-7-19-9-2-16-3-10-19)15(23)18-6-13-20-11-4-17-5-12-20/h16-17H,1-13H2,(H,18,23). The topological polar surface area (TPSA) is 80.0 Å². The van der Waals surface area contributed by atoms with Crippen LogP contribution in [0.25, 0.3) is 0 Å². The van der Waals surface area contributed by atoms with Gasteiger partial charge in [-0.25, -0.2) is 4.79 Å². The Morgan fingerprint density at radius 1 is 1.00 bits per heavy atom. The van der Waals surface area contributed by atoms with Gasteiger partial charge in [-0.2, -0.15) is 0 Å². The van der Waals surface area contributed by atoms with E-state index >= 15 is 0 Å². The molecule has 0 aromatic heterocycles. The van der Waals surface area contributed by atoms with Crippen LogP contribution < -0.4 is 16.0 Å². The Balaban J connectivity index is 1.57. The number of carbonyl (C=O) groups is 1. The van der Waals surface area contributed by atoms with Gasteiger partial charge in [-0.15, -0.1) is 0 Å². The number of piperazine rings is 2. The maximum absolute atomic E-state index is 12.0. The lowest BCUT2D eigenvalue weighted by molar-refractivity contribution is 0.204. The highest BCUT2D eigenvalue weighted by Crippen LogP contribution is 1.97. The Morgan fingerprint density at radius 3 is 2.13 bits per heavy atom. The highest BCUT2D eigenvalue weighted by molar-refractivity contribution is 5.84. The number of nitrogens with one attached hydrogen (secondary N) is 3. The summed E-state index contributed by atoms with van der Waals surface area (Å²) in [6.07, 6.45) is 2.54. The Labute approximate surface area is 138 Å². The summed E-state index contributed by atoms with van der Waals surface area (Å²) in [6, 6.07) is -0.338. The first-order valence-corrected chi connectivity index (χ1v) is 8.59. The van der Waals surface area contributed by atoms with Crippen molar-refractivity contribution in [3.63, 3.8) is 0 Å². The summed E-state index contributed by atoms with van der Waals surface area (Å²) in [5, 5.41) is 9.41. The Kier molecular flexibility index (Phi) is 8.30. The fraction of sp³-hybridized carbons (Fsp3) is 0.867. The van der Waals surface area contributed by atoms with E-state index in [4.69, 9.17) is 0 Å². The van der Waals surface area contributed by atoms with Crippen LogP contribution in [-0.4, -0.2) is 106 Å². The first-order valence-electron chi connectivity index (χ1n) is 8.59. The van der Waals surface area contributed by atoms with Gasteiger partial charge < -0.3 is 20.9 Å². The van der Waals surface area contributed by atoms with Gasteiger partial charge in [-0.1, -0.05) is 0 Å². The third-order valence-corrected chi connectivity index (χ3v) is 4.33. The summed E-state index contributed by atoms with van der Waals surface area (Å²) in [6.45, 7) is 10.8. The summed E-state index contributed by atoms with van der Waals surface area (Å²) >= 11 is 0. The van der Waals surface area contributed by atoms with Crippen molar-refractivity contribution in [2.24, 2.45) is 0 Å². The first-order chi connectivity index (χ1) is 11.3. The molecule has 2 rings (SSSR count). The summed E-state index contributed by atoms with van der Waals surface area (Å²) in [4.78, 5) is 28.8. The van der Waals surface area contributed by atoms with Gasteiger partial charge >= 0.3 is 12.4 Å². The lowest BCUT2D eigenvalue weighted by Crippen LogP contribution is -2.48. The van der Waals surface area contributed by atoms with Crippen molar-refractivity contribution in [3.8, 4) is 0 Å². The van der Waals surface area contributed by atoms with E-state index in [2.05, 4.69) is 25.8 Å². The molecule has 0 atom stereocenters. The molecule has 0 saturated carbocycles. The second-order valence-electron chi connectivity index (χ2n) is 6.01. The van der Waals surface area contributed by atoms with Gasteiger partial charge in [0.1, 0.15) is 0 Å². The maximum atomic E-state index is 12.0. The molecule has 2 heterocycles. The van der Waals surface area contributed by atoms with Crippen molar-refractivity contribution < 1.29 is 9.59 Å². The molecular formula is C15H29N6O2. The molecule has 0 bridgehead atoms. The van der Waals surface area contributed by atoms with Crippen molar-refractivity contribution in [3.05, 3.63) is 0 Å². The van der Waals surface area contributed by atoms with Gasteiger partial charge in [0.2, 0.25) is 0 Å². The van der Waals surface area contributed by atoms with Crippen LogP contribution in [-0.2, 0) is 4.79 Å². The van der Waals surface area contributed by atoms with Crippen LogP contribution in [0.4, 0.5) is 4.79 Å². The van der Waals surface area contributed by atoms with Crippen molar-refractivity contribution in [2.75, 3.05) is 78.5 Å². The quantitative estimate of drug-likeness (QED) is 0.460. The van der Waals surface area contributed by atoms with Gasteiger partial charge in [-0.3, -0.25) is 14.6 Å². The van der Waals surface area contributed by atoms with E-state index in [0.717, 1.165) is 76.8 Å². The lowest BCUT2D eigenvalue weighted by Gasteiger charge is -2.28. The van der Waals surface area contributed by atoms with Crippen molar-refractivity contribution in [1.29, 1.82) is 0 Å². The second kappa shape index (κ2) is 10.5. The average molecular weight is 325 g/mol. The molecule has 2 fully saturated rings. The monoisotopic (exact) mass is 325 g/mol. The molecule has 2 aliphatic heterocycles. The van der Waals surface area contributed by atoms with Gasteiger partial charge in [0.05, 0.1) is 0 Å². The number of urea groups is 1. The Hall–Kier alpha value is -1.22. The van der Waals surface area contributed by atoms with Gasteiger partial charge in [0.15, 0.2) is 0 Å². The molecule has 0 spiro atoms. The number of imide groups is 1. The highest BCUT2D eigenvalue weighted by Gasteiger charge is 2.15. The minimum atomic E-state index is -0.338. The smallest absolute Gasteiger partial charge is 0.324 e. The molecule has 0 aliphatic carbocycles. The van der Waals surface area contributed by atoms with E-state index < -0.39 is 0 Å². The van der Waals surface area contributed by atoms with Gasteiger partial charge in [0, 0.05) is 72.0 Å². The van der Waals surface area contributed by atoms with Crippen LogP contribution in [0.15, 0.2) is 0 Å². The van der Waals surface area contributed by atoms with Gasteiger partial charge in [0.25, 0.3) is 0 Å². The molecule has 1 radical (unpaired) electrons. The fourth-order valence-electron chi connectivity index (χ4n) is 2.93. The van der Waals surface area contributed by atoms with E-state index in [-0.39, 0.29) is 6.03 Å². The van der Waals surface area contributed by atoms with Crippen LogP contribution in [0.5, 0.6) is 0 Å². The predicted octanol–water partition coefficient (Wildman–Crippen LogP) is -1.73. The molecule has 131 valence electrons. The largest absolute Gasteiger partial charge is 0.336 e. The van der Waals surface area contributed by atoms with Crippen molar-refractivity contribution in [1.82, 2.24) is 30.7 Å². The third kappa shape index (κ3) is 6.82. The molecule has 3 amide bonds.